The van der Waals surface area contributed by atoms with E-state index in [4.69, 9.17) is 4.74 Å². The fourth-order valence-corrected chi connectivity index (χ4v) is 5.73. The molecule has 2 aliphatic rings. The molecule has 4 heteroatoms. The summed E-state index contributed by atoms with van der Waals surface area (Å²) in [5, 5.41) is 1.38. The van der Waals surface area contributed by atoms with E-state index in [1.165, 1.54) is 34.1 Å². The molecule has 1 saturated heterocycles. The minimum Gasteiger partial charge on any atom is -0.497 e. The fourth-order valence-electron chi connectivity index (χ4n) is 5.37. The average Bonchev–Trinajstić information content (AvgIpc) is 3.02. The second-order valence-corrected chi connectivity index (χ2v) is 9.17. The van der Waals surface area contributed by atoms with E-state index in [-0.39, 0.29) is 5.41 Å². The molecular weight excluding hydrogens is 400 g/mol. The van der Waals surface area contributed by atoms with Gasteiger partial charge < -0.3 is 14.6 Å². The Kier molecular flexibility index (Phi) is 4.10. The quantitative estimate of drug-likeness (QED) is 0.631. The lowest BCUT2D eigenvalue weighted by Gasteiger charge is -2.50. The van der Waals surface area contributed by atoms with Gasteiger partial charge in [0, 0.05) is 33.0 Å². The zero-order valence-electron chi connectivity index (χ0n) is 15.9. The van der Waals surface area contributed by atoms with E-state index in [0.717, 1.165) is 36.2 Å². The molecular formula is C23H25BrN2O. The number of fused-ring (bicyclic) bond motifs is 4. The van der Waals surface area contributed by atoms with Crippen LogP contribution in [0.5, 0.6) is 5.75 Å². The van der Waals surface area contributed by atoms with Crippen molar-refractivity contribution in [2.75, 3.05) is 27.2 Å². The van der Waals surface area contributed by atoms with Crippen molar-refractivity contribution in [1.29, 1.82) is 0 Å². The van der Waals surface area contributed by atoms with Crippen LogP contribution in [0.25, 0.3) is 10.9 Å². The van der Waals surface area contributed by atoms with E-state index in [1.807, 2.05) is 0 Å². The van der Waals surface area contributed by atoms with E-state index in [9.17, 15) is 0 Å². The molecule has 27 heavy (non-hydrogen) atoms. The Morgan fingerprint density at radius 3 is 2.96 bits per heavy atom. The van der Waals surface area contributed by atoms with Crippen molar-refractivity contribution in [2.45, 2.75) is 24.7 Å². The maximum atomic E-state index is 5.55. The third-order valence-electron chi connectivity index (χ3n) is 6.80. The van der Waals surface area contributed by atoms with Gasteiger partial charge >= 0.3 is 0 Å². The van der Waals surface area contributed by atoms with Crippen LogP contribution in [-0.2, 0) is 18.3 Å². The summed E-state index contributed by atoms with van der Waals surface area (Å²) in [5.41, 5.74) is 5.82. The first-order valence-corrected chi connectivity index (χ1v) is 10.5. The van der Waals surface area contributed by atoms with E-state index < -0.39 is 0 Å². The molecule has 140 valence electrons. The fraction of sp³-hybridized carbons (Fsp3) is 0.391. The number of hydrogen-bond acceptors (Lipinski definition) is 2. The SMILES string of the molecule is COc1cccc(C23CCN(C)CC2Cc2c([nH]c4ccc(Br)cc24)C3)c1. The summed E-state index contributed by atoms with van der Waals surface area (Å²) < 4.78 is 6.71. The summed E-state index contributed by atoms with van der Waals surface area (Å²) in [6.45, 7) is 2.30. The number of aromatic nitrogens is 1. The standard InChI is InChI=1S/C23H25BrN2O/c1-26-9-8-23(15-4-3-5-18(10-15)27-2)13-22-19(11-16(23)14-26)20-12-17(24)6-7-21(20)25-22/h3-7,10,12,16,25H,8-9,11,13-14H2,1-2H3. The third kappa shape index (κ3) is 2.73. The lowest BCUT2D eigenvalue weighted by molar-refractivity contribution is 0.0994. The number of hydrogen-bond donors (Lipinski definition) is 1. The Bertz CT molecular complexity index is 1010. The number of H-pyrrole nitrogens is 1. The third-order valence-corrected chi connectivity index (χ3v) is 7.29. The van der Waals surface area contributed by atoms with Crippen LogP contribution < -0.4 is 4.74 Å². The van der Waals surface area contributed by atoms with Crippen LogP contribution in [-0.4, -0.2) is 37.1 Å². The van der Waals surface area contributed by atoms with Crippen LogP contribution in [0.15, 0.2) is 46.9 Å². The summed E-state index contributed by atoms with van der Waals surface area (Å²) in [6, 6.07) is 15.4. The van der Waals surface area contributed by atoms with Gasteiger partial charge in [-0.15, -0.1) is 0 Å². The number of piperidine rings is 1. The normalized spacial score (nSPS) is 25.2. The number of nitrogens with one attached hydrogen (secondary N) is 1. The Morgan fingerprint density at radius 1 is 1.22 bits per heavy atom. The minimum absolute atomic E-state index is 0.187. The maximum absolute atomic E-state index is 5.55. The van der Waals surface area contributed by atoms with E-state index in [1.54, 1.807) is 7.11 Å². The molecule has 3 aromatic rings. The summed E-state index contributed by atoms with van der Waals surface area (Å²) in [5.74, 6) is 1.58. The number of nitrogens with zero attached hydrogens (tertiary/aromatic N) is 1. The first-order chi connectivity index (χ1) is 13.1. The van der Waals surface area contributed by atoms with Gasteiger partial charge in [0.15, 0.2) is 0 Å². The summed E-state index contributed by atoms with van der Waals surface area (Å²) >= 11 is 3.65. The van der Waals surface area contributed by atoms with Gasteiger partial charge in [0.05, 0.1) is 7.11 Å². The van der Waals surface area contributed by atoms with E-state index in [0.29, 0.717) is 5.92 Å². The summed E-state index contributed by atoms with van der Waals surface area (Å²) in [6.07, 6.45) is 3.41. The van der Waals surface area contributed by atoms with Crippen LogP contribution in [0.4, 0.5) is 0 Å². The monoisotopic (exact) mass is 424 g/mol. The molecule has 1 aliphatic carbocycles. The van der Waals surface area contributed by atoms with Crippen molar-refractivity contribution in [3.8, 4) is 5.75 Å². The molecule has 0 bridgehead atoms. The highest BCUT2D eigenvalue weighted by molar-refractivity contribution is 9.10. The Labute approximate surface area is 168 Å². The van der Waals surface area contributed by atoms with Crippen molar-refractivity contribution in [3.63, 3.8) is 0 Å². The van der Waals surface area contributed by atoms with Gasteiger partial charge in [-0.2, -0.15) is 0 Å². The Balaban J connectivity index is 1.66. The number of benzene rings is 2. The molecule has 0 spiro atoms. The second kappa shape index (κ2) is 6.39. The van der Waals surface area contributed by atoms with Gasteiger partial charge in [0.1, 0.15) is 5.75 Å². The molecule has 2 heterocycles. The number of methoxy groups -OCH3 is 1. The Morgan fingerprint density at radius 2 is 2.11 bits per heavy atom. The predicted octanol–water partition coefficient (Wildman–Crippen LogP) is 4.93. The first-order valence-electron chi connectivity index (χ1n) is 9.71. The molecule has 2 aromatic carbocycles. The van der Waals surface area contributed by atoms with Gasteiger partial charge in [-0.05, 0) is 80.2 Å². The molecule has 2 unspecified atom stereocenters. The number of ether oxygens (including phenoxy) is 1. The zero-order chi connectivity index (χ0) is 18.6. The van der Waals surface area contributed by atoms with Crippen LogP contribution in [0.3, 0.4) is 0 Å². The average molecular weight is 425 g/mol. The van der Waals surface area contributed by atoms with E-state index >= 15 is 0 Å². The van der Waals surface area contributed by atoms with Crippen molar-refractivity contribution >= 4 is 26.8 Å². The molecule has 1 N–H and O–H groups in total. The van der Waals surface area contributed by atoms with Crippen LogP contribution in [0.2, 0.25) is 0 Å². The lowest BCUT2D eigenvalue weighted by atomic mass is 9.59. The number of halogens is 1. The topological polar surface area (TPSA) is 28.3 Å². The van der Waals surface area contributed by atoms with Gasteiger partial charge in [-0.25, -0.2) is 0 Å². The van der Waals surface area contributed by atoms with E-state index in [2.05, 4.69) is 75.3 Å². The molecule has 1 aromatic heterocycles. The highest BCUT2D eigenvalue weighted by Crippen LogP contribution is 2.49. The zero-order valence-corrected chi connectivity index (χ0v) is 17.5. The molecule has 1 fully saturated rings. The molecule has 5 rings (SSSR count). The highest BCUT2D eigenvalue weighted by atomic mass is 79.9. The van der Waals surface area contributed by atoms with Crippen LogP contribution in [0, 0.1) is 5.92 Å². The van der Waals surface area contributed by atoms with Gasteiger partial charge in [0.25, 0.3) is 0 Å². The summed E-state index contributed by atoms with van der Waals surface area (Å²) in [4.78, 5) is 6.24. The Hall–Kier alpha value is -1.78. The predicted molar refractivity (Wildman–Crippen MR) is 114 cm³/mol. The van der Waals surface area contributed by atoms with Crippen molar-refractivity contribution in [3.05, 3.63) is 63.8 Å². The summed E-state index contributed by atoms with van der Waals surface area (Å²) in [7, 11) is 4.02. The van der Waals surface area contributed by atoms with Gasteiger partial charge in [0.2, 0.25) is 0 Å². The largest absolute Gasteiger partial charge is 0.497 e. The smallest absolute Gasteiger partial charge is 0.119 e. The number of likely N-dealkylation sites (tertiary alicyclic amines) is 1. The van der Waals surface area contributed by atoms with Gasteiger partial charge in [-0.3, -0.25) is 0 Å². The molecule has 0 amide bonds. The van der Waals surface area contributed by atoms with Crippen molar-refractivity contribution in [1.82, 2.24) is 9.88 Å². The molecule has 2 atom stereocenters. The van der Waals surface area contributed by atoms with Crippen molar-refractivity contribution < 1.29 is 4.74 Å². The number of rotatable bonds is 2. The number of aromatic amines is 1. The molecule has 1 aliphatic heterocycles. The molecule has 0 saturated carbocycles. The van der Waals surface area contributed by atoms with Crippen molar-refractivity contribution in [2.24, 2.45) is 5.92 Å². The lowest BCUT2D eigenvalue weighted by Crippen LogP contribution is -2.52. The minimum atomic E-state index is 0.187. The maximum Gasteiger partial charge on any atom is 0.119 e. The molecule has 3 nitrogen and oxygen atoms in total. The molecule has 0 radical (unpaired) electrons. The first kappa shape index (κ1) is 17.3. The van der Waals surface area contributed by atoms with Crippen LogP contribution in [0.1, 0.15) is 23.2 Å². The highest BCUT2D eigenvalue weighted by Gasteiger charge is 2.47. The van der Waals surface area contributed by atoms with Crippen LogP contribution >= 0.6 is 15.9 Å². The second-order valence-electron chi connectivity index (χ2n) is 8.25. The van der Waals surface area contributed by atoms with Gasteiger partial charge in [-0.1, -0.05) is 28.1 Å².